The fourth-order valence-corrected chi connectivity index (χ4v) is 1.64. The zero-order chi connectivity index (χ0) is 13.1. The molecule has 0 bridgehead atoms. The van der Waals surface area contributed by atoms with Crippen molar-refractivity contribution in [2.75, 3.05) is 0 Å². The molecule has 2 rings (SSSR count). The number of rotatable bonds is 4. The number of carbonyl (C=O) groups is 1. The van der Waals surface area contributed by atoms with Crippen LogP contribution in [-0.4, -0.2) is 20.3 Å². The summed E-state index contributed by atoms with van der Waals surface area (Å²) < 4.78 is 1.73. The van der Waals surface area contributed by atoms with Crippen LogP contribution in [0.4, 0.5) is 5.69 Å². The summed E-state index contributed by atoms with van der Waals surface area (Å²) in [6, 6.07) is 5.50. The summed E-state index contributed by atoms with van der Waals surface area (Å²) in [7, 11) is 0. The van der Waals surface area contributed by atoms with Gasteiger partial charge in [-0.25, -0.2) is 4.98 Å². The molecule has 0 saturated carbocycles. The molecule has 0 aliphatic carbocycles. The van der Waals surface area contributed by atoms with Crippen LogP contribution in [0.5, 0.6) is 0 Å². The highest BCUT2D eigenvalue weighted by molar-refractivity contribution is 6.06. The zero-order valence-electron chi connectivity index (χ0n) is 9.74. The Morgan fingerprint density at radius 2 is 2.06 bits per heavy atom. The summed E-state index contributed by atoms with van der Waals surface area (Å²) in [5, 5.41) is 10.5. The lowest BCUT2D eigenvalue weighted by atomic mass is 10.1. The summed E-state index contributed by atoms with van der Waals surface area (Å²) in [6.45, 7) is 2.56. The Hall–Kier alpha value is -2.50. The Morgan fingerprint density at radius 3 is 2.61 bits per heavy atom. The minimum Gasteiger partial charge on any atom is -0.328 e. The monoisotopic (exact) mass is 245 g/mol. The molecule has 6 nitrogen and oxygen atoms in total. The van der Waals surface area contributed by atoms with Crippen molar-refractivity contribution in [1.29, 1.82) is 0 Å². The van der Waals surface area contributed by atoms with Crippen LogP contribution in [0.15, 0.2) is 36.7 Å². The van der Waals surface area contributed by atoms with E-state index in [9.17, 15) is 14.9 Å². The largest absolute Gasteiger partial charge is 0.328 e. The van der Waals surface area contributed by atoms with E-state index < -0.39 is 4.92 Å². The number of nitro benzene ring substituents is 1. The smallest absolute Gasteiger partial charge is 0.269 e. The van der Waals surface area contributed by atoms with E-state index in [0.29, 0.717) is 17.9 Å². The lowest BCUT2D eigenvalue weighted by Crippen LogP contribution is -2.10. The van der Waals surface area contributed by atoms with Crippen molar-refractivity contribution in [1.82, 2.24) is 9.55 Å². The maximum absolute atomic E-state index is 12.1. The first-order valence-electron chi connectivity index (χ1n) is 5.43. The molecule has 0 atom stereocenters. The number of hydrogen-bond donors (Lipinski definition) is 0. The lowest BCUT2D eigenvalue weighted by molar-refractivity contribution is -0.384. The van der Waals surface area contributed by atoms with Gasteiger partial charge >= 0.3 is 0 Å². The molecule has 92 valence electrons. The fourth-order valence-electron chi connectivity index (χ4n) is 1.64. The van der Waals surface area contributed by atoms with Crippen molar-refractivity contribution in [2.45, 2.75) is 13.5 Å². The molecule has 0 N–H and O–H groups in total. The maximum atomic E-state index is 12.1. The van der Waals surface area contributed by atoms with Gasteiger partial charge in [-0.2, -0.15) is 0 Å². The molecule has 18 heavy (non-hydrogen) atoms. The van der Waals surface area contributed by atoms with Crippen LogP contribution in [0.2, 0.25) is 0 Å². The Kier molecular flexibility index (Phi) is 3.18. The van der Waals surface area contributed by atoms with Crippen LogP contribution in [0.25, 0.3) is 0 Å². The van der Waals surface area contributed by atoms with E-state index in [2.05, 4.69) is 4.98 Å². The van der Waals surface area contributed by atoms with E-state index in [0.717, 1.165) is 0 Å². The second-order valence-corrected chi connectivity index (χ2v) is 3.67. The van der Waals surface area contributed by atoms with Crippen LogP contribution in [0, 0.1) is 10.1 Å². The van der Waals surface area contributed by atoms with E-state index in [-0.39, 0.29) is 11.5 Å². The number of carbonyl (C=O) groups excluding carboxylic acids is 1. The number of imidazole rings is 1. The van der Waals surface area contributed by atoms with Gasteiger partial charge in [0.15, 0.2) is 5.82 Å². The molecule has 0 fully saturated rings. The number of nitrogens with zero attached hydrogens (tertiary/aromatic N) is 3. The highest BCUT2D eigenvalue weighted by atomic mass is 16.6. The Morgan fingerprint density at radius 1 is 1.39 bits per heavy atom. The number of nitro groups is 1. The van der Waals surface area contributed by atoms with Gasteiger partial charge in [0.2, 0.25) is 5.78 Å². The van der Waals surface area contributed by atoms with Crippen molar-refractivity contribution in [3.05, 3.63) is 58.2 Å². The van der Waals surface area contributed by atoms with Gasteiger partial charge in [-0.3, -0.25) is 14.9 Å². The summed E-state index contributed by atoms with van der Waals surface area (Å²) in [5.74, 6) is 0.100. The van der Waals surface area contributed by atoms with Gasteiger partial charge < -0.3 is 4.57 Å². The molecule has 1 aromatic heterocycles. The van der Waals surface area contributed by atoms with E-state index in [4.69, 9.17) is 0 Å². The quantitative estimate of drug-likeness (QED) is 0.469. The lowest BCUT2D eigenvalue weighted by Gasteiger charge is -2.03. The normalized spacial score (nSPS) is 10.3. The minimum atomic E-state index is -0.499. The summed E-state index contributed by atoms with van der Waals surface area (Å²) in [4.78, 5) is 26.1. The van der Waals surface area contributed by atoms with E-state index in [1.165, 1.54) is 24.3 Å². The number of aromatic nitrogens is 2. The van der Waals surface area contributed by atoms with Crippen LogP contribution < -0.4 is 0 Å². The topological polar surface area (TPSA) is 78.0 Å². The molecule has 0 aliphatic rings. The third kappa shape index (κ3) is 2.13. The molecule has 1 heterocycles. The number of benzene rings is 1. The molecule has 0 radical (unpaired) electrons. The Bertz CT molecular complexity index is 587. The third-order valence-corrected chi connectivity index (χ3v) is 2.60. The second-order valence-electron chi connectivity index (χ2n) is 3.67. The van der Waals surface area contributed by atoms with Gasteiger partial charge in [0.1, 0.15) is 0 Å². The predicted octanol–water partition coefficient (Wildman–Crippen LogP) is 2.04. The van der Waals surface area contributed by atoms with Crippen LogP contribution in [0.3, 0.4) is 0 Å². The number of hydrogen-bond acceptors (Lipinski definition) is 4. The molecule has 2 aromatic rings. The van der Waals surface area contributed by atoms with E-state index in [1.807, 2.05) is 6.92 Å². The van der Waals surface area contributed by atoms with Gasteiger partial charge in [0.25, 0.3) is 5.69 Å². The van der Waals surface area contributed by atoms with Crippen molar-refractivity contribution >= 4 is 11.5 Å². The van der Waals surface area contributed by atoms with Gasteiger partial charge in [0.05, 0.1) is 4.92 Å². The van der Waals surface area contributed by atoms with Gasteiger partial charge in [-0.1, -0.05) is 0 Å². The van der Waals surface area contributed by atoms with Gasteiger partial charge in [0, 0.05) is 36.6 Å². The molecular weight excluding hydrogens is 234 g/mol. The van der Waals surface area contributed by atoms with Crippen LogP contribution in [-0.2, 0) is 6.54 Å². The molecule has 0 unspecified atom stereocenters. The molecule has 0 aliphatic heterocycles. The first-order valence-corrected chi connectivity index (χ1v) is 5.43. The Balaban J connectivity index is 2.32. The van der Waals surface area contributed by atoms with Crippen molar-refractivity contribution in [3.63, 3.8) is 0 Å². The average molecular weight is 245 g/mol. The number of aryl methyl sites for hydroxylation is 1. The SMILES string of the molecule is CCn1ccnc1C(=O)c1ccc([N+](=O)[O-])cc1. The van der Waals surface area contributed by atoms with E-state index in [1.54, 1.807) is 17.0 Å². The van der Waals surface area contributed by atoms with Crippen molar-refractivity contribution in [2.24, 2.45) is 0 Å². The zero-order valence-corrected chi connectivity index (χ0v) is 9.74. The minimum absolute atomic E-state index is 0.0367. The maximum Gasteiger partial charge on any atom is 0.269 e. The second kappa shape index (κ2) is 4.79. The summed E-state index contributed by atoms with van der Waals surface area (Å²) >= 11 is 0. The fraction of sp³-hybridized carbons (Fsp3) is 0.167. The van der Waals surface area contributed by atoms with Crippen LogP contribution in [0.1, 0.15) is 23.1 Å². The highest BCUT2D eigenvalue weighted by Crippen LogP contribution is 2.14. The summed E-state index contributed by atoms with van der Waals surface area (Å²) in [5.41, 5.74) is 0.354. The first kappa shape index (κ1) is 12.0. The first-order chi connectivity index (χ1) is 8.63. The molecule has 1 aromatic carbocycles. The molecule has 0 saturated heterocycles. The van der Waals surface area contributed by atoms with Gasteiger partial charge in [-0.05, 0) is 19.1 Å². The average Bonchev–Trinajstić information content (AvgIpc) is 2.86. The Labute approximate surface area is 103 Å². The molecule has 6 heteroatoms. The van der Waals surface area contributed by atoms with Crippen LogP contribution >= 0.6 is 0 Å². The van der Waals surface area contributed by atoms with Crippen molar-refractivity contribution < 1.29 is 9.72 Å². The highest BCUT2D eigenvalue weighted by Gasteiger charge is 2.15. The molecular formula is C12H11N3O3. The standard InChI is InChI=1S/C12H11N3O3/c1-2-14-8-7-13-12(14)11(16)9-3-5-10(6-4-9)15(17)18/h3-8H,2H2,1H3. The number of non-ortho nitro benzene ring substituents is 1. The van der Waals surface area contributed by atoms with E-state index >= 15 is 0 Å². The molecule has 0 spiro atoms. The van der Waals surface area contributed by atoms with Crippen molar-refractivity contribution in [3.8, 4) is 0 Å². The summed E-state index contributed by atoms with van der Waals surface area (Å²) in [6.07, 6.45) is 3.28. The van der Waals surface area contributed by atoms with Gasteiger partial charge in [-0.15, -0.1) is 0 Å². The number of ketones is 1. The third-order valence-electron chi connectivity index (χ3n) is 2.60. The molecule has 0 amide bonds. The predicted molar refractivity (Wildman–Crippen MR) is 64.4 cm³/mol.